The molecule has 18 heavy (non-hydrogen) atoms. The van der Waals surface area contributed by atoms with Crippen molar-refractivity contribution in [3.8, 4) is 0 Å². The summed E-state index contributed by atoms with van der Waals surface area (Å²) < 4.78 is 1.98. The van der Waals surface area contributed by atoms with Crippen LogP contribution in [0.4, 0.5) is 0 Å². The van der Waals surface area contributed by atoms with Crippen LogP contribution in [0.5, 0.6) is 0 Å². The molecular formula is C12H17N5S. The fourth-order valence-corrected chi connectivity index (χ4v) is 3.79. The lowest BCUT2D eigenvalue weighted by atomic mass is 9.87. The van der Waals surface area contributed by atoms with E-state index in [1.54, 1.807) is 11.3 Å². The average molecular weight is 263 g/mol. The highest BCUT2D eigenvalue weighted by Crippen LogP contribution is 2.40. The first-order valence-electron chi connectivity index (χ1n) is 6.79. The Balaban J connectivity index is 1.64. The molecule has 0 atom stereocenters. The predicted octanol–water partition coefficient (Wildman–Crippen LogP) is 2.05. The topological polar surface area (TPSA) is 69.1 Å². The molecule has 0 aliphatic heterocycles. The minimum absolute atomic E-state index is 0.397. The Labute approximate surface area is 109 Å². The van der Waals surface area contributed by atoms with Crippen molar-refractivity contribution in [1.82, 2.24) is 19.8 Å². The number of rotatable bonds is 2. The first kappa shape index (κ1) is 10.9. The van der Waals surface area contributed by atoms with Gasteiger partial charge in [0.1, 0.15) is 5.01 Å². The van der Waals surface area contributed by atoms with Gasteiger partial charge in [0.05, 0.1) is 0 Å². The summed E-state index contributed by atoms with van der Waals surface area (Å²) in [5.74, 6) is 2.26. The van der Waals surface area contributed by atoms with Gasteiger partial charge in [-0.05, 0) is 38.5 Å². The maximum absolute atomic E-state index is 5.96. The molecule has 0 aromatic carbocycles. The molecule has 2 aliphatic carbocycles. The van der Waals surface area contributed by atoms with Crippen LogP contribution in [0.15, 0.2) is 0 Å². The molecule has 0 saturated heterocycles. The van der Waals surface area contributed by atoms with Gasteiger partial charge in [0.25, 0.3) is 0 Å². The van der Waals surface area contributed by atoms with E-state index >= 15 is 0 Å². The molecule has 96 valence electrons. The van der Waals surface area contributed by atoms with Gasteiger partial charge in [0.2, 0.25) is 4.96 Å². The van der Waals surface area contributed by atoms with E-state index in [1.807, 2.05) is 4.52 Å². The monoisotopic (exact) mass is 263 g/mol. The molecular weight excluding hydrogens is 246 g/mol. The van der Waals surface area contributed by atoms with Gasteiger partial charge in [-0.3, -0.25) is 0 Å². The summed E-state index contributed by atoms with van der Waals surface area (Å²) in [6.45, 7) is 0. The fourth-order valence-electron chi connectivity index (χ4n) is 2.77. The molecule has 6 heteroatoms. The Morgan fingerprint density at radius 1 is 1.00 bits per heavy atom. The Bertz CT molecular complexity index is 562. The summed E-state index contributed by atoms with van der Waals surface area (Å²) in [6, 6.07) is 0.397. The maximum atomic E-state index is 5.96. The maximum Gasteiger partial charge on any atom is 0.234 e. The Morgan fingerprint density at radius 2 is 1.72 bits per heavy atom. The molecule has 2 aromatic heterocycles. The van der Waals surface area contributed by atoms with Crippen molar-refractivity contribution in [3.63, 3.8) is 0 Å². The van der Waals surface area contributed by atoms with Crippen LogP contribution in [0.1, 0.15) is 61.2 Å². The SMILES string of the molecule is NC1CCC(c2nn3c(C4CC4)nnc3s2)CC1. The summed E-state index contributed by atoms with van der Waals surface area (Å²) in [7, 11) is 0. The zero-order chi connectivity index (χ0) is 12.1. The Kier molecular flexibility index (Phi) is 2.41. The van der Waals surface area contributed by atoms with Crippen molar-refractivity contribution in [2.24, 2.45) is 5.73 Å². The van der Waals surface area contributed by atoms with Crippen LogP contribution in [-0.4, -0.2) is 25.9 Å². The standard InChI is InChI=1S/C12H17N5S/c13-9-5-3-8(4-6-9)11-16-17-10(7-1-2-7)14-15-12(17)18-11/h7-9H,1-6,13H2. The van der Waals surface area contributed by atoms with E-state index in [0.717, 1.165) is 23.6 Å². The number of nitrogens with zero attached hydrogens (tertiary/aromatic N) is 4. The molecule has 2 aromatic rings. The van der Waals surface area contributed by atoms with Crippen molar-refractivity contribution in [3.05, 3.63) is 10.8 Å². The lowest BCUT2D eigenvalue weighted by Crippen LogP contribution is -2.25. The lowest BCUT2D eigenvalue weighted by molar-refractivity contribution is 0.393. The quantitative estimate of drug-likeness (QED) is 0.900. The van der Waals surface area contributed by atoms with Crippen molar-refractivity contribution < 1.29 is 0 Å². The molecule has 2 aliphatic rings. The van der Waals surface area contributed by atoms with Gasteiger partial charge < -0.3 is 5.73 Å². The van der Waals surface area contributed by atoms with Crippen molar-refractivity contribution in [2.45, 2.75) is 56.4 Å². The van der Waals surface area contributed by atoms with Crippen LogP contribution in [0, 0.1) is 0 Å². The van der Waals surface area contributed by atoms with Crippen molar-refractivity contribution in [2.75, 3.05) is 0 Å². The normalized spacial score (nSPS) is 28.9. The Morgan fingerprint density at radius 3 is 2.44 bits per heavy atom. The van der Waals surface area contributed by atoms with Crippen molar-refractivity contribution >= 4 is 16.3 Å². The molecule has 0 unspecified atom stereocenters. The van der Waals surface area contributed by atoms with Crippen LogP contribution < -0.4 is 5.73 Å². The number of aromatic nitrogens is 4. The predicted molar refractivity (Wildman–Crippen MR) is 69.8 cm³/mol. The zero-order valence-corrected chi connectivity index (χ0v) is 11.1. The van der Waals surface area contributed by atoms with Gasteiger partial charge in [-0.2, -0.15) is 9.61 Å². The number of nitrogens with two attached hydrogens (primary N) is 1. The number of fused-ring (bicyclic) bond motifs is 1. The number of hydrogen-bond acceptors (Lipinski definition) is 5. The smallest absolute Gasteiger partial charge is 0.234 e. The van der Waals surface area contributed by atoms with Gasteiger partial charge >= 0.3 is 0 Å². The molecule has 2 saturated carbocycles. The third kappa shape index (κ3) is 1.75. The van der Waals surface area contributed by atoms with Crippen LogP contribution in [-0.2, 0) is 0 Å². The van der Waals surface area contributed by atoms with E-state index in [1.165, 1.54) is 30.7 Å². The van der Waals surface area contributed by atoms with Gasteiger partial charge in [-0.1, -0.05) is 11.3 Å². The molecule has 4 rings (SSSR count). The second-order valence-corrected chi connectivity index (χ2v) is 6.57. The van der Waals surface area contributed by atoms with E-state index in [-0.39, 0.29) is 0 Å². The molecule has 2 N–H and O–H groups in total. The fraction of sp³-hybridized carbons (Fsp3) is 0.750. The summed E-state index contributed by atoms with van der Waals surface area (Å²) >= 11 is 1.71. The molecule has 0 spiro atoms. The highest BCUT2D eigenvalue weighted by atomic mass is 32.1. The van der Waals surface area contributed by atoms with Gasteiger partial charge in [0, 0.05) is 17.9 Å². The van der Waals surface area contributed by atoms with Gasteiger partial charge in [-0.15, -0.1) is 10.2 Å². The van der Waals surface area contributed by atoms with E-state index in [4.69, 9.17) is 10.8 Å². The first-order valence-corrected chi connectivity index (χ1v) is 7.60. The first-order chi connectivity index (χ1) is 8.81. The highest BCUT2D eigenvalue weighted by molar-refractivity contribution is 7.16. The third-order valence-corrected chi connectivity index (χ3v) is 5.16. The summed E-state index contributed by atoms with van der Waals surface area (Å²) in [4.78, 5) is 0.960. The molecule has 5 nitrogen and oxygen atoms in total. The molecule has 0 amide bonds. The molecule has 2 heterocycles. The molecule has 2 fully saturated rings. The van der Waals surface area contributed by atoms with Crippen LogP contribution in [0.3, 0.4) is 0 Å². The largest absolute Gasteiger partial charge is 0.328 e. The number of hydrogen-bond donors (Lipinski definition) is 1. The Hall–Kier alpha value is -1.01. The summed E-state index contributed by atoms with van der Waals surface area (Å²) in [6.07, 6.45) is 7.08. The summed E-state index contributed by atoms with van der Waals surface area (Å²) in [5, 5.41) is 14.5. The third-order valence-electron chi connectivity index (χ3n) is 4.09. The van der Waals surface area contributed by atoms with Crippen LogP contribution in [0.2, 0.25) is 0 Å². The van der Waals surface area contributed by atoms with Gasteiger partial charge in [-0.25, -0.2) is 0 Å². The average Bonchev–Trinajstić information content (AvgIpc) is 3.00. The molecule has 0 radical (unpaired) electrons. The second kappa shape index (κ2) is 3.99. The van der Waals surface area contributed by atoms with E-state index in [9.17, 15) is 0 Å². The van der Waals surface area contributed by atoms with Gasteiger partial charge in [0.15, 0.2) is 5.82 Å². The zero-order valence-electron chi connectivity index (χ0n) is 10.2. The van der Waals surface area contributed by atoms with E-state index in [2.05, 4.69) is 10.2 Å². The van der Waals surface area contributed by atoms with Crippen molar-refractivity contribution in [1.29, 1.82) is 0 Å². The molecule has 0 bridgehead atoms. The second-order valence-electron chi connectivity index (χ2n) is 5.58. The highest BCUT2D eigenvalue weighted by Gasteiger charge is 2.31. The van der Waals surface area contributed by atoms with Crippen LogP contribution in [0.25, 0.3) is 4.96 Å². The summed E-state index contributed by atoms with van der Waals surface area (Å²) in [5.41, 5.74) is 5.96. The minimum atomic E-state index is 0.397. The van der Waals surface area contributed by atoms with E-state index < -0.39 is 0 Å². The van der Waals surface area contributed by atoms with Crippen LogP contribution >= 0.6 is 11.3 Å². The van der Waals surface area contributed by atoms with E-state index in [0.29, 0.717) is 17.9 Å². The lowest BCUT2D eigenvalue weighted by Gasteiger charge is -2.23. The minimum Gasteiger partial charge on any atom is -0.328 e.